The molecule has 0 spiro atoms. The Morgan fingerprint density at radius 1 is 1.08 bits per heavy atom. The van der Waals surface area contributed by atoms with Crippen LogP contribution in [-0.4, -0.2) is 45.4 Å². The smallest absolute Gasteiger partial charge is 0.260 e. The zero-order valence-electron chi connectivity index (χ0n) is 13.9. The van der Waals surface area contributed by atoms with Crippen molar-refractivity contribution in [2.45, 2.75) is 48.1 Å². The van der Waals surface area contributed by atoms with Gasteiger partial charge in [0, 0.05) is 11.8 Å². The van der Waals surface area contributed by atoms with Crippen molar-refractivity contribution in [3.8, 4) is 0 Å². The van der Waals surface area contributed by atoms with Crippen molar-refractivity contribution in [1.29, 1.82) is 0 Å². The van der Waals surface area contributed by atoms with Crippen LogP contribution in [0.15, 0.2) is 10.1 Å². The summed E-state index contributed by atoms with van der Waals surface area (Å²) in [7, 11) is 0. The van der Waals surface area contributed by atoms with E-state index >= 15 is 0 Å². The number of fused-ring (bicyclic) bond motifs is 12. The van der Waals surface area contributed by atoms with Gasteiger partial charge in [-0.05, 0) is 12.8 Å². The van der Waals surface area contributed by atoms with Crippen LogP contribution in [0.1, 0.15) is 26.2 Å². The minimum absolute atomic E-state index is 0.241. The third kappa shape index (κ3) is 1.84. The highest BCUT2D eigenvalue weighted by Gasteiger charge is 2.82. The van der Waals surface area contributed by atoms with Crippen molar-refractivity contribution < 1.29 is 19.2 Å². The molecule has 3 aliphatic heterocycles. The molecule has 142 valence electrons. The fourth-order valence-electron chi connectivity index (χ4n) is 5.69. The Hall–Kier alpha value is -0.0400. The molecule has 0 radical (unpaired) electrons. The average Bonchev–Trinajstić information content (AvgIpc) is 3.32. The first-order chi connectivity index (χ1) is 12.3. The Kier molecular flexibility index (Phi) is 3.82. The Balaban J connectivity index is 1.50. The van der Waals surface area contributed by atoms with Gasteiger partial charge in [0.2, 0.25) is 0 Å². The lowest BCUT2D eigenvalue weighted by Crippen LogP contribution is -2.50. The zero-order valence-corrected chi connectivity index (χ0v) is 16.9. The summed E-state index contributed by atoms with van der Waals surface area (Å²) in [5.41, 5.74) is 0. The summed E-state index contributed by atoms with van der Waals surface area (Å²) in [5.74, 6) is -2.35. The Morgan fingerprint density at radius 3 is 2.04 bits per heavy atom. The van der Waals surface area contributed by atoms with E-state index in [2.05, 4.69) is 0 Å². The van der Waals surface area contributed by atoms with Gasteiger partial charge in [0.05, 0.1) is 50.5 Å². The number of allylic oxidation sites excluding steroid dienone is 2. The quantitative estimate of drug-likeness (QED) is 0.382. The molecule has 2 aliphatic carbocycles. The predicted molar refractivity (Wildman–Crippen MR) is 95.9 cm³/mol. The molecule has 3 heterocycles. The monoisotopic (exact) mass is 439 g/mol. The summed E-state index contributed by atoms with van der Waals surface area (Å²) in [6.45, 7) is 2.34. The molecule has 8 atom stereocenters. The van der Waals surface area contributed by atoms with Gasteiger partial charge >= 0.3 is 0 Å². The van der Waals surface area contributed by atoms with E-state index in [1.54, 1.807) is 0 Å². The third-order valence-electron chi connectivity index (χ3n) is 6.69. The van der Waals surface area contributed by atoms with Crippen molar-refractivity contribution in [2.24, 2.45) is 23.7 Å². The standard InChI is InChI=1S/C17H17Cl4NO4/c1-2-3-4-25-22-14(23)6-7(15(22)24)11-9-8(10(6)26-11)16(20)5-17(9,21)13(19)12(16)18/h6-11H,2-5H2,1H3/t6-,7+,8-,9?,10-,11+,16-,17?/m0/s1. The van der Waals surface area contributed by atoms with Gasteiger partial charge < -0.3 is 4.74 Å². The summed E-state index contributed by atoms with van der Waals surface area (Å²) >= 11 is 26.5. The Bertz CT molecular complexity index is 705. The number of halogens is 4. The van der Waals surface area contributed by atoms with Crippen LogP contribution < -0.4 is 0 Å². The minimum Gasteiger partial charge on any atom is -0.373 e. The maximum absolute atomic E-state index is 12.9. The number of amides is 2. The summed E-state index contributed by atoms with van der Waals surface area (Å²) in [4.78, 5) is 29.3. The summed E-state index contributed by atoms with van der Waals surface area (Å²) < 4.78 is 6.09. The SMILES string of the molecule is CCCCON1C(=O)[C@@H]2[C@@H]3O[C@@H](C4[C@@H]3[C@@]3(Cl)CC4(Cl)C(Cl)=C3Cl)[C@@H]2C1=O. The van der Waals surface area contributed by atoms with E-state index in [-0.39, 0.29) is 23.7 Å². The van der Waals surface area contributed by atoms with Crippen molar-refractivity contribution in [3.05, 3.63) is 10.1 Å². The number of hydroxylamine groups is 2. The molecule has 5 aliphatic rings. The van der Waals surface area contributed by atoms with Crippen molar-refractivity contribution in [1.82, 2.24) is 5.06 Å². The second kappa shape index (κ2) is 5.52. The highest BCUT2D eigenvalue weighted by molar-refractivity contribution is 6.51. The molecule has 4 fully saturated rings. The van der Waals surface area contributed by atoms with E-state index in [9.17, 15) is 9.59 Å². The molecule has 5 nitrogen and oxygen atoms in total. The molecular weight excluding hydrogens is 424 g/mol. The van der Waals surface area contributed by atoms with Gasteiger partial charge in [0.25, 0.3) is 11.8 Å². The third-order valence-corrected chi connectivity index (χ3v) is 9.18. The van der Waals surface area contributed by atoms with Crippen LogP contribution in [0.3, 0.4) is 0 Å². The second-order valence-electron chi connectivity index (χ2n) is 7.86. The largest absolute Gasteiger partial charge is 0.373 e. The van der Waals surface area contributed by atoms with Crippen LogP contribution in [0.2, 0.25) is 0 Å². The predicted octanol–water partition coefficient (Wildman–Crippen LogP) is 3.39. The molecule has 2 unspecified atom stereocenters. The fourth-order valence-corrected chi connectivity index (χ4v) is 7.71. The maximum Gasteiger partial charge on any atom is 0.260 e. The highest BCUT2D eigenvalue weighted by atomic mass is 35.5. The average molecular weight is 441 g/mol. The molecule has 2 amide bonds. The van der Waals surface area contributed by atoms with E-state index in [0.717, 1.165) is 17.9 Å². The topological polar surface area (TPSA) is 55.8 Å². The molecule has 9 heteroatoms. The van der Waals surface area contributed by atoms with Crippen molar-refractivity contribution in [2.75, 3.05) is 6.61 Å². The van der Waals surface area contributed by atoms with E-state index in [4.69, 9.17) is 56.0 Å². The number of carbonyl (C=O) groups is 2. The molecule has 0 aromatic rings. The number of nitrogens with zero attached hydrogens (tertiary/aromatic N) is 1. The number of hydrogen-bond acceptors (Lipinski definition) is 4. The van der Waals surface area contributed by atoms with E-state index in [1.807, 2.05) is 6.92 Å². The first kappa shape index (κ1) is 18.0. The lowest BCUT2D eigenvalue weighted by Gasteiger charge is -2.40. The van der Waals surface area contributed by atoms with E-state index < -0.39 is 33.8 Å². The van der Waals surface area contributed by atoms with Crippen LogP contribution in [0.5, 0.6) is 0 Å². The first-order valence-electron chi connectivity index (χ1n) is 8.87. The molecule has 5 rings (SSSR count). The van der Waals surface area contributed by atoms with Gasteiger partial charge in [0.15, 0.2) is 0 Å². The van der Waals surface area contributed by atoms with Gasteiger partial charge in [0.1, 0.15) is 0 Å². The molecule has 26 heavy (non-hydrogen) atoms. The number of carbonyl (C=O) groups excluding carboxylic acids is 2. The van der Waals surface area contributed by atoms with Gasteiger partial charge in [-0.15, -0.1) is 23.2 Å². The number of hydrogen-bond donors (Lipinski definition) is 0. The Labute approximate surface area is 170 Å². The van der Waals surface area contributed by atoms with Crippen molar-refractivity contribution in [3.63, 3.8) is 0 Å². The fraction of sp³-hybridized carbons (Fsp3) is 0.765. The highest BCUT2D eigenvalue weighted by Crippen LogP contribution is 2.75. The molecule has 3 saturated heterocycles. The summed E-state index contributed by atoms with van der Waals surface area (Å²) in [6, 6.07) is 0. The van der Waals surface area contributed by atoms with Gasteiger partial charge in [-0.2, -0.15) is 5.06 Å². The molecule has 4 bridgehead atoms. The van der Waals surface area contributed by atoms with Crippen LogP contribution in [0.25, 0.3) is 0 Å². The minimum atomic E-state index is -0.935. The normalized spacial score (nSPS) is 51.0. The van der Waals surface area contributed by atoms with Gasteiger partial charge in [-0.25, -0.2) is 0 Å². The molecule has 0 aromatic carbocycles. The van der Waals surface area contributed by atoms with Gasteiger partial charge in [-0.1, -0.05) is 36.5 Å². The number of unbranched alkanes of at least 4 members (excludes halogenated alkanes) is 1. The number of ether oxygens (including phenoxy) is 1. The number of imide groups is 1. The van der Waals surface area contributed by atoms with Crippen LogP contribution in [-0.2, 0) is 19.2 Å². The lowest BCUT2D eigenvalue weighted by atomic mass is 9.65. The molecular formula is C17H17Cl4NO4. The van der Waals surface area contributed by atoms with E-state index in [0.29, 0.717) is 23.1 Å². The zero-order chi connectivity index (χ0) is 18.6. The van der Waals surface area contributed by atoms with Crippen LogP contribution in [0, 0.1) is 23.7 Å². The molecule has 1 saturated carbocycles. The maximum atomic E-state index is 12.9. The summed E-state index contributed by atoms with van der Waals surface area (Å²) in [6.07, 6.45) is 1.08. The Morgan fingerprint density at radius 2 is 1.58 bits per heavy atom. The summed E-state index contributed by atoms with van der Waals surface area (Å²) in [5, 5.41) is 1.62. The first-order valence-corrected chi connectivity index (χ1v) is 10.4. The van der Waals surface area contributed by atoms with Gasteiger partial charge in [-0.3, -0.25) is 14.4 Å². The van der Waals surface area contributed by atoms with Crippen LogP contribution in [0.4, 0.5) is 0 Å². The van der Waals surface area contributed by atoms with Crippen LogP contribution >= 0.6 is 46.4 Å². The lowest BCUT2D eigenvalue weighted by molar-refractivity contribution is -0.192. The van der Waals surface area contributed by atoms with E-state index in [1.165, 1.54) is 0 Å². The van der Waals surface area contributed by atoms with Crippen molar-refractivity contribution >= 4 is 58.2 Å². The number of rotatable bonds is 4. The second-order valence-corrected chi connectivity index (χ2v) is 9.96. The molecule has 0 aromatic heterocycles. The number of alkyl halides is 2. The molecule has 0 N–H and O–H groups in total.